The van der Waals surface area contributed by atoms with Crippen LogP contribution in [0.3, 0.4) is 0 Å². The van der Waals surface area contributed by atoms with Gasteiger partial charge in [0.15, 0.2) is 0 Å². The Morgan fingerprint density at radius 3 is 2.53 bits per heavy atom. The highest BCUT2D eigenvalue weighted by atomic mass is 16.2. The molecule has 0 heterocycles. The molecule has 1 saturated carbocycles. The molecule has 0 radical (unpaired) electrons. The lowest BCUT2D eigenvalue weighted by atomic mass is 10.3. The second-order valence-electron chi connectivity index (χ2n) is 5.01. The minimum atomic E-state index is 0.237. The molecule has 0 saturated heterocycles. The van der Waals surface area contributed by atoms with Crippen LogP contribution in [0.4, 0.5) is 0 Å². The molecule has 0 aromatic carbocycles. The summed E-state index contributed by atoms with van der Waals surface area (Å²) in [7, 11) is 1.88. The molecule has 0 aliphatic heterocycles. The zero-order valence-electron chi connectivity index (χ0n) is 11.3. The van der Waals surface area contributed by atoms with Crippen LogP contribution in [0.1, 0.15) is 39.0 Å². The van der Waals surface area contributed by atoms with Crippen molar-refractivity contribution >= 4 is 5.91 Å². The fourth-order valence-electron chi connectivity index (χ4n) is 1.94. The van der Waals surface area contributed by atoms with E-state index < -0.39 is 0 Å². The van der Waals surface area contributed by atoms with Gasteiger partial charge in [-0.2, -0.15) is 0 Å². The predicted molar refractivity (Wildman–Crippen MR) is 70.8 cm³/mol. The fourth-order valence-corrected chi connectivity index (χ4v) is 1.94. The molecule has 0 unspecified atom stereocenters. The Bertz CT molecular complexity index is 229. The summed E-state index contributed by atoms with van der Waals surface area (Å²) in [5.41, 5.74) is 5.45. The van der Waals surface area contributed by atoms with Gasteiger partial charge in [0.2, 0.25) is 5.91 Å². The largest absolute Gasteiger partial charge is 0.345 e. The Hall–Kier alpha value is -0.610. The smallest absolute Gasteiger partial charge is 0.236 e. The highest BCUT2D eigenvalue weighted by Gasteiger charge is 2.30. The summed E-state index contributed by atoms with van der Waals surface area (Å²) in [5.74, 6) is 0.237. The van der Waals surface area contributed by atoms with Crippen LogP contribution in [-0.4, -0.2) is 55.0 Å². The van der Waals surface area contributed by atoms with Crippen LogP contribution < -0.4 is 5.73 Å². The molecule has 0 bridgehead atoms. The van der Waals surface area contributed by atoms with E-state index in [1.807, 2.05) is 11.9 Å². The minimum Gasteiger partial charge on any atom is -0.345 e. The molecule has 0 atom stereocenters. The quantitative estimate of drug-likeness (QED) is 0.656. The average Bonchev–Trinajstić information content (AvgIpc) is 3.15. The van der Waals surface area contributed by atoms with Gasteiger partial charge in [-0.15, -0.1) is 0 Å². The summed E-state index contributed by atoms with van der Waals surface area (Å²) >= 11 is 0. The highest BCUT2D eigenvalue weighted by Crippen LogP contribution is 2.26. The number of hydrogen-bond donors (Lipinski definition) is 1. The molecule has 1 fully saturated rings. The van der Waals surface area contributed by atoms with Gasteiger partial charge in [0.1, 0.15) is 0 Å². The first-order chi connectivity index (χ1) is 8.19. The lowest BCUT2D eigenvalue weighted by Crippen LogP contribution is -2.40. The standard InChI is InChI=1S/C13H27N3O/c1-3-4-10-16(12-6-7-12)11-13(17)15(2)9-5-8-14/h12H,3-11,14H2,1-2H3. The van der Waals surface area contributed by atoms with Gasteiger partial charge in [0.25, 0.3) is 0 Å². The molecule has 0 aromatic rings. The molecule has 1 aliphatic carbocycles. The lowest BCUT2D eigenvalue weighted by molar-refractivity contribution is -0.131. The number of nitrogens with two attached hydrogens (primary N) is 1. The summed E-state index contributed by atoms with van der Waals surface area (Å²) in [6.45, 7) is 5.28. The van der Waals surface area contributed by atoms with Gasteiger partial charge < -0.3 is 10.6 Å². The number of nitrogens with zero attached hydrogens (tertiary/aromatic N) is 2. The topological polar surface area (TPSA) is 49.6 Å². The first-order valence-electron chi connectivity index (χ1n) is 6.87. The van der Waals surface area contributed by atoms with Crippen LogP contribution in [0.25, 0.3) is 0 Å². The van der Waals surface area contributed by atoms with Gasteiger partial charge >= 0.3 is 0 Å². The van der Waals surface area contributed by atoms with Crippen molar-refractivity contribution in [1.82, 2.24) is 9.80 Å². The first-order valence-corrected chi connectivity index (χ1v) is 6.87. The molecule has 100 valence electrons. The maximum atomic E-state index is 12.0. The fraction of sp³-hybridized carbons (Fsp3) is 0.923. The Morgan fingerprint density at radius 2 is 2.00 bits per heavy atom. The molecule has 1 amide bonds. The van der Waals surface area contributed by atoms with Crippen LogP contribution in [0, 0.1) is 0 Å². The molecule has 17 heavy (non-hydrogen) atoms. The number of unbranched alkanes of at least 4 members (excludes halogenated alkanes) is 1. The monoisotopic (exact) mass is 241 g/mol. The average molecular weight is 241 g/mol. The summed E-state index contributed by atoms with van der Waals surface area (Å²) in [5, 5.41) is 0. The van der Waals surface area contributed by atoms with Crippen molar-refractivity contribution in [2.24, 2.45) is 5.73 Å². The van der Waals surface area contributed by atoms with Crippen molar-refractivity contribution in [3.8, 4) is 0 Å². The molecule has 4 heteroatoms. The molecule has 1 rings (SSSR count). The zero-order chi connectivity index (χ0) is 12.7. The van der Waals surface area contributed by atoms with E-state index in [1.165, 1.54) is 25.7 Å². The maximum absolute atomic E-state index is 12.0. The van der Waals surface area contributed by atoms with E-state index >= 15 is 0 Å². The van der Waals surface area contributed by atoms with Crippen molar-refractivity contribution in [2.75, 3.05) is 33.2 Å². The number of carbonyl (C=O) groups is 1. The Labute approximate surface area is 105 Å². The normalized spacial score (nSPS) is 15.3. The van der Waals surface area contributed by atoms with Gasteiger partial charge in [-0.05, 0) is 38.8 Å². The first kappa shape index (κ1) is 14.5. The molecular weight excluding hydrogens is 214 g/mol. The van der Waals surface area contributed by atoms with E-state index in [0.29, 0.717) is 19.1 Å². The molecule has 0 spiro atoms. The van der Waals surface area contributed by atoms with Crippen LogP contribution >= 0.6 is 0 Å². The van der Waals surface area contributed by atoms with Gasteiger partial charge in [-0.1, -0.05) is 13.3 Å². The van der Waals surface area contributed by atoms with Crippen molar-refractivity contribution < 1.29 is 4.79 Å². The van der Waals surface area contributed by atoms with Crippen LogP contribution in [0.5, 0.6) is 0 Å². The molecule has 2 N–H and O–H groups in total. The van der Waals surface area contributed by atoms with Crippen molar-refractivity contribution in [3.05, 3.63) is 0 Å². The Morgan fingerprint density at radius 1 is 1.29 bits per heavy atom. The van der Waals surface area contributed by atoms with Gasteiger partial charge in [-0.25, -0.2) is 0 Å². The van der Waals surface area contributed by atoms with Crippen molar-refractivity contribution in [3.63, 3.8) is 0 Å². The van der Waals surface area contributed by atoms with Gasteiger partial charge in [-0.3, -0.25) is 9.69 Å². The molecule has 1 aliphatic rings. The van der Waals surface area contributed by atoms with E-state index in [4.69, 9.17) is 5.73 Å². The van der Waals surface area contributed by atoms with E-state index in [0.717, 1.165) is 19.5 Å². The summed E-state index contributed by atoms with van der Waals surface area (Å²) in [6.07, 6.45) is 5.81. The number of rotatable bonds is 9. The SMILES string of the molecule is CCCCN(CC(=O)N(C)CCCN)C1CC1. The van der Waals surface area contributed by atoms with E-state index in [-0.39, 0.29) is 5.91 Å². The number of hydrogen-bond acceptors (Lipinski definition) is 3. The van der Waals surface area contributed by atoms with Crippen molar-refractivity contribution in [2.45, 2.75) is 45.1 Å². The minimum absolute atomic E-state index is 0.237. The number of carbonyl (C=O) groups excluding carboxylic acids is 1. The van der Waals surface area contributed by atoms with Gasteiger partial charge in [0, 0.05) is 19.6 Å². The number of amides is 1. The maximum Gasteiger partial charge on any atom is 0.236 e. The van der Waals surface area contributed by atoms with Crippen LogP contribution in [0.15, 0.2) is 0 Å². The molecule has 4 nitrogen and oxygen atoms in total. The van der Waals surface area contributed by atoms with E-state index in [2.05, 4.69) is 11.8 Å². The summed E-state index contributed by atoms with van der Waals surface area (Å²) in [6, 6.07) is 0.674. The number of likely N-dealkylation sites (N-methyl/N-ethyl adjacent to an activating group) is 1. The Kier molecular flexibility index (Phi) is 6.52. The molecular formula is C13H27N3O. The second-order valence-corrected chi connectivity index (χ2v) is 5.01. The van der Waals surface area contributed by atoms with Gasteiger partial charge in [0.05, 0.1) is 6.54 Å². The summed E-state index contributed by atoms with van der Waals surface area (Å²) in [4.78, 5) is 16.2. The zero-order valence-corrected chi connectivity index (χ0v) is 11.3. The third-order valence-corrected chi connectivity index (χ3v) is 3.32. The second kappa shape index (κ2) is 7.67. The third-order valence-electron chi connectivity index (χ3n) is 3.32. The third kappa shape index (κ3) is 5.50. The highest BCUT2D eigenvalue weighted by molar-refractivity contribution is 5.78. The van der Waals surface area contributed by atoms with Crippen LogP contribution in [0.2, 0.25) is 0 Å². The Balaban J connectivity index is 2.29. The predicted octanol–water partition coefficient (Wildman–Crippen LogP) is 1.06. The summed E-state index contributed by atoms with van der Waals surface area (Å²) < 4.78 is 0. The lowest BCUT2D eigenvalue weighted by Gasteiger charge is -2.24. The van der Waals surface area contributed by atoms with Crippen molar-refractivity contribution in [1.29, 1.82) is 0 Å². The van der Waals surface area contributed by atoms with E-state index in [9.17, 15) is 4.79 Å². The van der Waals surface area contributed by atoms with E-state index in [1.54, 1.807) is 0 Å². The van der Waals surface area contributed by atoms with Crippen LogP contribution in [-0.2, 0) is 4.79 Å². The molecule has 0 aromatic heterocycles.